The summed E-state index contributed by atoms with van der Waals surface area (Å²) in [4.78, 5) is 18.9. The van der Waals surface area contributed by atoms with E-state index >= 15 is 0 Å². The first-order valence-corrected chi connectivity index (χ1v) is 6.57. The summed E-state index contributed by atoms with van der Waals surface area (Å²) in [6.07, 6.45) is 1.54. The van der Waals surface area contributed by atoms with E-state index in [1.54, 1.807) is 25.3 Å². The van der Waals surface area contributed by atoms with Crippen LogP contribution in [0, 0.1) is 13.8 Å². The van der Waals surface area contributed by atoms with E-state index in [1.807, 2.05) is 19.9 Å². The summed E-state index contributed by atoms with van der Waals surface area (Å²) in [7, 11) is 1.56. The number of aromatic hydroxyl groups is 1. The van der Waals surface area contributed by atoms with Gasteiger partial charge < -0.3 is 14.8 Å². The lowest BCUT2D eigenvalue weighted by Crippen LogP contribution is -2.15. The first kappa shape index (κ1) is 14.8. The highest BCUT2D eigenvalue weighted by molar-refractivity contribution is 5.84. The number of phenolic OH excluding ortho intramolecular Hbond substituents is 1. The highest BCUT2D eigenvalue weighted by atomic mass is 16.5. The van der Waals surface area contributed by atoms with E-state index in [-0.39, 0.29) is 17.9 Å². The molecule has 1 aromatic heterocycles. The van der Waals surface area contributed by atoms with E-state index in [9.17, 15) is 9.90 Å². The van der Waals surface area contributed by atoms with Crippen molar-refractivity contribution in [3.05, 3.63) is 57.0 Å². The molecule has 110 valence electrons. The fraction of sp³-hybridized carbons (Fsp3) is 0.250. The van der Waals surface area contributed by atoms with Gasteiger partial charge in [0, 0.05) is 23.0 Å². The Hall–Kier alpha value is -2.56. The molecule has 5 nitrogen and oxygen atoms in total. The average molecular weight is 286 g/mol. The van der Waals surface area contributed by atoms with Gasteiger partial charge >= 0.3 is 0 Å². The number of ether oxygens (including phenoxy) is 1. The summed E-state index contributed by atoms with van der Waals surface area (Å²) in [5.74, 6) is 0.757. The summed E-state index contributed by atoms with van der Waals surface area (Å²) >= 11 is 0. The second kappa shape index (κ2) is 6.26. The lowest BCUT2D eigenvalue weighted by molar-refractivity contribution is 0.412. The maximum Gasteiger partial charge on any atom is 0.253 e. The van der Waals surface area contributed by atoms with Crippen molar-refractivity contribution in [1.29, 1.82) is 0 Å². The van der Waals surface area contributed by atoms with Crippen LogP contribution in [-0.4, -0.2) is 23.4 Å². The molecule has 5 heteroatoms. The summed E-state index contributed by atoms with van der Waals surface area (Å²) < 4.78 is 5.10. The normalized spacial score (nSPS) is 11.0. The van der Waals surface area contributed by atoms with Gasteiger partial charge in [-0.25, -0.2) is 0 Å². The molecule has 0 amide bonds. The van der Waals surface area contributed by atoms with Crippen LogP contribution in [0.1, 0.15) is 22.4 Å². The van der Waals surface area contributed by atoms with E-state index in [0.29, 0.717) is 16.9 Å². The SMILES string of the molecule is COc1ccc(O)c(C=NCc2c(C)cc(C)[nH]c2=O)c1. The van der Waals surface area contributed by atoms with E-state index in [1.165, 1.54) is 6.21 Å². The second-order valence-corrected chi connectivity index (χ2v) is 4.84. The van der Waals surface area contributed by atoms with Gasteiger partial charge in [-0.2, -0.15) is 0 Å². The van der Waals surface area contributed by atoms with Crippen molar-refractivity contribution < 1.29 is 9.84 Å². The van der Waals surface area contributed by atoms with Crippen LogP contribution in [0.3, 0.4) is 0 Å². The lowest BCUT2D eigenvalue weighted by Gasteiger charge is -2.04. The van der Waals surface area contributed by atoms with Crippen LogP contribution in [0.5, 0.6) is 11.5 Å². The third kappa shape index (κ3) is 3.51. The van der Waals surface area contributed by atoms with Gasteiger partial charge in [-0.1, -0.05) is 0 Å². The zero-order valence-corrected chi connectivity index (χ0v) is 12.3. The third-order valence-corrected chi connectivity index (χ3v) is 3.21. The lowest BCUT2D eigenvalue weighted by atomic mass is 10.1. The van der Waals surface area contributed by atoms with Gasteiger partial charge in [-0.05, 0) is 43.7 Å². The summed E-state index contributed by atoms with van der Waals surface area (Å²) in [6.45, 7) is 3.99. The molecule has 1 heterocycles. The van der Waals surface area contributed by atoms with Crippen molar-refractivity contribution in [3.63, 3.8) is 0 Å². The number of methoxy groups -OCH3 is 1. The second-order valence-electron chi connectivity index (χ2n) is 4.84. The summed E-state index contributed by atoms with van der Waals surface area (Å²) in [5, 5.41) is 9.76. The summed E-state index contributed by atoms with van der Waals surface area (Å²) in [6, 6.07) is 6.81. The van der Waals surface area contributed by atoms with Gasteiger partial charge in [0.1, 0.15) is 11.5 Å². The van der Waals surface area contributed by atoms with Crippen molar-refractivity contribution in [2.45, 2.75) is 20.4 Å². The topological polar surface area (TPSA) is 74.7 Å². The molecular formula is C16H18N2O3. The molecular weight excluding hydrogens is 268 g/mol. The van der Waals surface area contributed by atoms with Crippen LogP contribution in [-0.2, 0) is 6.54 Å². The minimum atomic E-state index is -0.125. The smallest absolute Gasteiger partial charge is 0.253 e. The molecule has 0 aliphatic rings. The molecule has 0 saturated carbocycles. The van der Waals surface area contributed by atoms with Crippen LogP contribution in [0.15, 0.2) is 34.1 Å². The fourth-order valence-corrected chi connectivity index (χ4v) is 2.08. The molecule has 0 aliphatic carbocycles. The Bertz CT molecular complexity index is 733. The Morgan fingerprint density at radius 2 is 2.10 bits per heavy atom. The van der Waals surface area contributed by atoms with Gasteiger partial charge in [-0.3, -0.25) is 9.79 Å². The minimum absolute atomic E-state index is 0.120. The predicted octanol–water partition coefficient (Wildman–Crippen LogP) is 2.33. The van der Waals surface area contributed by atoms with Crippen LogP contribution < -0.4 is 10.3 Å². The molecule has 0 atom stereocenters. The zero-order valence-electron chi connectivity index (χ0n) is 12.3. The van der Waals surface area contributed by atoms with Crippen molar-refractivity contribution >= 4 is 6.21 Å². The number of nitrogens with one attached hydrogen (secondary N) is 1. The molecule has 0 unspecified atom stereocenters. The first-order valence-electron chi connectivity index (χ1n) is 6.57. The van der Waals surface area contributed by atoms with Gasteiger partial charge in [0.2, 0.25) is 0 Å². The number of aromatic nitrogens is 1. The quantitative estimate of drug-likeness (QED) is 0.847. The highest BCUT2D eigenvalue weighted by Gasteiger charge is 2.04. The number of aliphatic imine (C=N–C) groups is 1. The fourth-order valence-electron chi connectivity index (χ4n) is 2.08. The number of hydrogen-bond acceptors (Lipinski definition) is 4. The van der Waals surface area contributed by atoms with Gasteiger partial charge in [0.25, 0.3) is 5.56 Å². The molecule has 2 rings (SSSR count). The number of phenols is 1. The van der Waals surface area contributed by atoms with Crippen molar-refractivity contribution in [3.8, 4) is 11.5 Å². The molecule has 2 N–H and O–H groups in total. The Balaban J connectivity index is 2.22. The van der Waals surface area contributed by atoms with Crippen LogP contribution in [0.25, 0.3) is 0 Å². The van der Waals surface area contributed by atoms with E-state index < -0.39 is 0 Å². The summed E-state index contributed by atoms with van der Waals surface area (Å²) in [5.41, 5.74) is 2.79. The molecule has 0 spiro atoms. The molecule has 21 heavy (non-hydrogen) atoms. The monoisotopic (exact) mass is 286 g/mol. The van der Waals surface area contributed by atoms with Gasteiger partial charge in [0.05, 0.1) is 13.7 Å². The van der Waals surface area contributed by atoms with E-state index in [0.717, 1.165) is 11.3 Å². The molecule has 2 aromatic rings. The van der Waals surface area contributed by atoms with Crippen molar-refractivity contribution in [2.75, 3.05) is 7.11 Å². The number of benzene rings is 1. The Labute approximate surface area is 122 Å². The number of pyridine rings is 1. The molecule has 1 aromatic carbocycles. The van der Waals surface area contributed by atoms with Crippen molar-refractivity contribution in [1.82, 2.24) is 4.98 Å². The number of rotatable bonds is 4. The van der Waals surface area contributed by atoms with Crippen LogP contribution >= 0.6 is 0 Å². The van der Waals surface area contributed by atoms with Gasteiger partial charge in [-0.15, -0.1) is 0 Å². The predicted molar refractivity (Wildman–Crippen MR) is 82.5 cm³/mol. The third-order valence-electron chi connectivity index (χ3n) is 3.21. The largest absolute Gasteiger partial charge is 0.507 e. The molecule has 0 aliphatic heterocycles. The maximum atomic E-state index is 11.9. The Morgan fingerprint density at radius 1 is 1.33 bits per heavy atom. The molecule has 0 radical (unpaired) electrons. The average Bonchev–Trinajstić information content (AvgIpc) is 2.43. The number of nitrogens with zero attached hydrogens (tertiary/aromatic N) is 1. The van der Waals surface area contributed by atoms with Crippen LogP contribution in [0.2, 0.25) is 0 Å². The number of H-pyrrole nitrogens is 1. The molecule has 0 bridgehead atoms. The Kier molecular flexibility index (Phi) is 4.42. The maximum absolute atomic E-state index is 11.9. The van der Waals surface area contributed by atoms with E-state index in [2.05, 4.69) is 9.98 Å². The van der Waals surface area contributed by atoms with Crippen molar-refractivity contribution in [2.24, 2.45) is 4.99 Å². The minimum Gasteiger partial charge on any atom is -0.507 e. The molecule has 0 saturated heterocycles. The first-order chi connectivity index (χ1) is 10.0. The highest BCUT2D eigenvalue weighted by Crippen LogP contribution is 2.21. The Morgan fingerprint density at radius 3 is 2.76 bits per heavy atom. The number of hydrogen-bond donors (Lipinski definition) is 2. The molecule has 0 fully saturated rings. The number of aryl methyl sites for hydroxylation is 2. The zero-order chi connectivity index (χ0) is 15.4. The van der Waals surface area contributed by atoms with Gasteiger partial charge in [0.15, 0.2) is 0 Å². The standard InChI is InChI=1S/C16H18N2O3/c1-10-6-11(2)18-16(20)14(10)9-17-8-12-7-13(21-3)4-5-15(12)19/h4-8,19H,9H2,1-3H3,(H,18,20). The van der Waals surface area contributed by atoms with Crippen LogP contribution in [0.4, 0.5) is 0 Å². The number of aromatic amines is 1. The van der Waals surface area contributed by atoms with E-state index in [4.69, 9.17) is 4.74 Å².